The summed E-state index contributed by atoms with van der Waals surface area (Å²) in [4.78, 5) is 23.2. The Kier molecular flexibility index (Phi) is 36.8. The van der Waals surface area contributed by atoms with Crippen LogP contribution >= 0.6 is 7.82 Å². The van der Waals surface area contributed by atoms with Gasteiger partial charge in [-0.25, -0.2) is 4.57 Å². The van der Waals surface area contributed by atoms with E-state index in [-0.39, 0.29) is 13.0 Å². The summed E-state index contributed by atoms with van der Waals surface area (Å²) in [5, 5.41) is 50.2. The zero-order valence-corrected chi connectivity index (χ0v) is 39.1. The fourth-order valence-corrected chi connectivity index (χ4v) is 8.29. The summed E-state index contributed by atoms with van der Waals surface area (Å²) >= 11 is 0. The maximum atomic E-state index is 12.8. The number of hydrogen-bond donors (Lipinski definition) is 6. The van der Waals surface area contributed by atoms with E-state index in [1.807, 2.05) is 0 Å². The van der Waals surface area contributed by atoms with Crippen molar-refractivity contribution in [1.29, 1.82) is 0 Å². The third-order valence-electron chi connectivity index (χ3n) is 11.2. The van der Waals surface area contributed by atoms with E-state index in [1.54, 1.807) is 0 Å². The minimum absolute atomic E-state index is 0.0811. The Balaban J connectivity index is 2.36. The number of phosphoric ester groups is 1. The Bertz CT molecular complexity index is 1150. The fraction of sp³-hybridized carbons (Fsp3) is 0.854. The molecule has 1 aliphatic carbocycles. The van der Waals surface area contributed by atoms with E-state index in [0.29, 0.717) is 13.0 Å². The van der Waals surface area contributed by atoms with Gasteiger partial charge < -0.3 is 39.9 Å². The normalized spacial score (nSPS) is 22.4. The number of phosphoric acid groups is 1. The maximum Gasteiger partial charge on any atom is 0.472 e. The van der Waals surface area contributed by atoms with Crippen molar-refractivity contribution in [2.75, 3.05) is 19.8 Å². The summed E-state index contributed by atoms with van der Waals surface area (Å²) in [5.74, 6) is -0.487. The lowest BCUT2D eigenvalue weighted by Gasteiger charge is -2.41. The first-order valence-corrected chi connectivity index (χ1v) is 25.8. The summed E-state index contributed by atoms with van der Waals surface area (Å²) in [7, 11) is -5.02. The lowest BCUT2D eigenvalue weighted by atomic mass is 9.85. The molecule has 0 spiro atoms. The predicted octanol–water partition coefficient (Wildman–Crippen LogP) is 10.3. The van der Waals surface area contributed by atoms with Gasteiger partial charge in [-0.05, 0) is 70.6 Å². The molecule has 358 valence electrons. The molecule has 0 saturated heterocycles. The van der Waals surface area contributed by atoms with E-state index < -0.39 is 63.1 Å². The SMILES string of the molecule is CCCCC/C=C\C/C=C\CCCCCCCCCCCCOCC(COP(=O)(O)OC1C(O)C(O)C(O)C(O)C1O)OC(=O)CCCCCCC/C=C\CCCCCCC. The first-order chi connectivity index (χ1) is 29.5. The second kappa shape index (κ2) is 39.0. The molecule has 13 heteroatoms. The Morgan fingerprint density at radius 3 is 1.43 bits per heavy atom. The molecule has 1 saturated carbocycles. The van der Waals surface area contributed by atoms with Gasteiger partial charge in [0.2, 0.25) is 0 Å². The lowest BCUT2D eigenvalue weighted by Crippen LogP contribution is -2.64. The summed E-state index contributed by atoms with van der Waals surface area (Å²) in [6.07, 6.45) is 33.5. The first-order valence-electron chi connectivity index (χ1n) is 24.3. The van der Waals surface area contributed by atoms with E-state index in [9.17, 15) is 39.8 Å². The zero-order chi connectivity index (χ0) is 44.8. The third kappa shape index (κ3) is 31.1. The van der Waals surface area contributed by atoms with Gasteiger partial charge in [0, 0.05) is 13.0 Å². The average Bonchev–Trinajstić information content (AvgIpc) is 3.24. The van der Waals surface area contributed by atoms with Crippen LogP contribution in [0.25, 0.3) is 0 Å². The monoisotopic (exact) mass is 889 g/mol. The quantitative estimate of drug-likeness (QED) is 0.0148. The summed E-state index contributed by atoms with van der Waals surface area (Å²) in [6, 6.07) is 0. The Morgan fingerprint density at radius 1 is 0.525 bits per heavy atom. The second-order valence-corrected chi connectivity index (χ2v) is 18.4. The van der Waals surface area contributed by atoms with Crippen molar-refractivity contribution in [3.05, 3.63) is 36.5 Å². The van der Waals surface area contributed by atoms with Gasteiger partial charge in [0.25, 0.3) is 0 Å². The number of aliphatic hydroxyl groups excluding tert-OH is 5. The number of allylic oxidation sites excluding steroid dienone is 6. The number of rotatable bonds is 41. The average molecular weight is 889 g/mol. The van der Waals surface area contributed by atoms with E-state index in [4.69, 9.17) is 18.5 Å². The molecular formula is C48H89O12P. The molecule has 0 radical (unpaired) electrons. The van der Waals surface area contributed by atoms with Crippen LogP contribution in [0.1, 0.15) is 200 Å². The van der Waals surface area contributed by atoms with Crippen molar-refractivity contribution in [1.82, 2.24) is 0 Å². The van der Waals surface area contributed by atoms with Gasteiger partial charge in [-0.1, -0.05) is 159 Å². The van der Waals surface area contributed by atoms with Crippen LogP contribution in [-0.4, -0.2) is 98.9 Å². The number of ether oxygens (including phenoxy) is 2. The van der Waals surface area contributed by atoms with Crippen molar-refractivity contribution in [2.45, 2.75) is 243 Å². The lowest BCUT2D eigenvalue weighted by molar-refractivity contribution is -0.220. The topological polar surface area (TPSA) is 192 Å². The molecule has 0 amide bonds. The van der Waals surface area contributed by atoms with Crippen molar-refractivity contribution >= 4 is 13.8 Å². The maximum absolute atomic E-state index is 12.8. The third-order valence-corrected chi connectivity index (χ3v) is 12.2. The number of hydrogen-bond acceptors (Lipinski definition) is 11. The van der Waals surface area contributed by atoms with Gasteiger partial charge in [-0.3, -0.25) is 13.8 Å². The molecule has 6 unspecified atom stereocenters. The zero-order valence-electron chi connectivity index (χ0n) is 38.2. The minimum atomic E-state index is -5.02. The van der Waals surface area contributed by atoms with Crippen LogP contribution < -0.4 is 0 Å². The van der Waals surface area contributed by atoms with Gasteiger partial charge in [0.15, 0.2) is 0 Å². The molecule has 0 aromatic heterocycles. The van der Waals surface area contributed by atoms with Crippen molar-refractivity contribution in [3.8, 4) is 0 Å². The standard InChI is InChI=1S/C48H89O12P/c1-3-5-7-9-11-13-15-17-19-20-21-22-23-24-26-28-30-32-34-36-38-57-39-41(40-58-61(55,56)60-48-46(53)44(51)43(50)45(52)47(48)54)59-42(49)37-35-33-31-29-27-25-18-16-14-12-10-8-6-4-2/h11,13,16-19,41,43-48,50-54H,3-10,12,14-15,20-40H2,1-2H3,(H,55,56)/b13-11-,18-16-,19-17-. The summed E-state index contributed by atoms with van der Waals surface area (Å²) in [5.41, 5.74) is 0. The number of carbonyl (C=O) groups excluding carboxylic acids is 1. The predicted molar refractivity (Wildman–Crippen MR) is 244 cm³/mol. The van der Waals surface area contributed by atoms with E-state index in [1.165, 1.54) is 103 Å². The molecule has 6 atom stereocenters. The number of esters is 1. The molecule has 12 nitrogen and oxygen atoms in total. The molecule has 61 heavy (non-hydrogen) atoms. The first kappa shape index (κ1) is 57.6. The van der Waals surface area contributed by atoms with Crippen LogP contribution in [-0.2, 0) is 27.9 Å². The van der Waals surface area contributed by atoms with Gasteiger partial charge in [0.05, 0.1) is 13.2 Å². The fourth-order valence-electron chi connectivity index (χ4n) is 7.32. The van der Waals surface area contributed by atoms with Crippen molar-refractivity contribution < 1.29 is 58.3 Å². The van der Waals surface area contributed by atoms with Crippen LogP contribution in [0.15, 0.2) is 36.5 Å². The number of aliphatic hydroxyl groups is 5. The number of unbranched alkanes of at least 4 members (excludes halogenated alkanes) is 23. The molecule has 0 bridgehead atoms. The minimum Gasteiger partial charge on any atom is -0.457 e. The van der Waals surface area contributed by atoms with E-state index in [2.05, 4.69) is 50.3 Å². The molecule has 1 fully saturated rings. The van der Waals surface area contributed by atoms with Crippen LogP contribution in [0.5, 0.6) is 0 Å². The summed E-state index contributed by atoms with van der Waals surface area (Å²) < 4.78 is 34.2. The van der Waals surface area contributed by atoms with Crippen LogP contribution in [0, 0.1) is 0 Å². The van der Waals surface area contributed by atoms with Gasteiger partial charge in [-0.2, -0.15) is 0 Å². The van der Waals surface area contributed by atoms with Gasteiger partial charge >= 0.3 is 13.8 Å². The van der Waals surface area contributed by atoms with Crippen LogP contribution in [0.4, 0.5) is 0 Å². The Hall–Kier alpha value is -1.44. The molecule has 0 aromatic carbocycles. The van der Waals surface area contributed by atoms with Crippen LogP contribution in [0.2, 0.25) is 0 Å². The molecule has 0 aromatic rings. The highest BCUT2D eigenvalue weighted by molar-refractivity contribution is 7.47. The van der Waals surface area contributed by atoms with E-state index >= 15 is 0 Å². The highest BCUT2D eigenvalue weighted by atomic mass is 31.2. The van der Waals surface area contributed by atoms with Crippen molar-refractivity contribution in [2.24, 2.45) is 0 Å². The smallest absolute Gasteiger partial charge is 0.457 e. The van der Waals surface area contributed by atoms with Crippen LogP contribution in [0.3, 0.4) is 0 Å². The largest absolute Gasteiger partial charge is 0.472 e. The molecular weight excluding hydrogens is 799 g/mol. The summed E-state index contributed by atoms with van der Waals surface area (Å²) in [6.45, 7) is 4.22. The Labute approximate surface area is 370 Å². The Morgan fingerprint density at radius 2 is 0.918 bits per heavy atom. The molecule has 0 aliphatic heterocycles. The van der Waals surface area contributed by atoms with Gasteiger partial charge in [-0.15, -0.1) is 0 Å². The van der Waals surface area contributed by atoms with Crippen molar-refractivity contribution in [3.63, 3.8) is 0 Å². The highest BCUT2D eigenvalue weighted by Crippen LogP contribution is 2.47. The highest BCUT2D eigenvalue weighted by Gasteiger charge is 2.51. The molecule has 1 rings (SSSR count). The molecule has 1 aliphatic rings. The number of carbonyl (C=O) groups is 1. The molecule has 0 heterocycles. The molecule has 6 N–H and O–H groups in total. The second-order valence-electron chi connectivity index (χ2n) is 17.0. The van der Waals surface area contributed by atoms with E-state index in [0.717, 1.165) is 70.6 Å². The van der Waals surface area contributed by atoms with Gasteiger partial charge in [0.1, 0.15) is 42.7 Å².